The molecule has 2 aromatic rings. The van der Waals surface area contributed by atoms with E-state index in [1.165, 1.54) is 19.3 Å². The van der Waals surface area contributed by atoms with Gasteiger partial charge in [0.2, 0.25) is 11.9 Å². The normalized spacial score (nSPS) is 22.7. The van der Waals surface area contributed by atoms with Gasteiger partial charge in [-0.1, -0.05) is 12.1 Å². The lowest BCUT2D eigenvalue weighted by atomic mass is 9.90. The number of β-amino-alcohol motifs (C(OH)–C–C–N with tert-alkyl or cyclic N) is 1. The highest BCUT2D eigenvalue weighted by Gasteiger charge is 2.43. The Balaban J connectivity index is 0.983. The third-order valence-electron chi connectivity index (χ3n) is 7.66. The highest BCUT2D eigenvalue weighted by Crippen LogP contribution is 2.49. The molecule has 3 aliphatic rings. The third kappa shape index (κ3) is 6.11. The van der Waals surface area contributed by atoms with Crippen molar-refractivity contribution in [3.63, 3.8) is 0 Å². The Kier molecular flexibility index (Phi) is 7.48. The second-order valence-electron chi connectivity index (χ2n) is 10.2. The van der Waals surface area contributed by atoms with Gasteiger partial charge in [-0.2, -0.15) is 0 Å². The van der Waals surface area contributed by atoms with E-state index in [4.69, 9.17) is 9.47 Å². The second kappa shape index (κ2) is 10.9. The van der Waals surface area contributed by atoms with Crippen molar-refractivity contribution in [2.45, 2.75) is 44.8 Å². The highest BCUT2D eigenvalue weighted by molar-refractivity contribution is 5.79. The first-order chi connectivity index (χ1) is 17.1. The first kappa shape index (κ1) is 24.0. The van der Waals surface area contributed by atoms with Gasteiger partial charge in [-0.3, -0.25) is 4.79 Å². The van der Waals surface area contributed by atoms with Gasteiger partial charge in [0.25, 0.3) is 0 Å². The minimum absolute atomic E-state index is 0.0714. The van der Waals surface area contributed by atoms with Gasteiger partial charge >= 0.3 is 0 Å². The number of likely N-dealkylation sites (tertiary alicyclic amines) is 1. The smallest absolute Gasteiger partial charge is 0.227 e. The van der Waals surface area contributed by atoms with Crippen LogP contribution < -0.4 is 9.64 Å². The summed E-state index contributed by atoms with van der Waals surface area (Å²) in [5.74, 6) is 4.18. The average molecular weight is 481 g/mol. The standard InChI is InChI=1S/C27H36N4O4/c1-34-18-20-14-28-27(29-15-20)30-9-6-21(7-10-30)25-13-22(25)8-11-35-24-4-2-19(3-5-24)12-26(33)31-16-23(32)17-31/h2-5,14-15,21-23,25,32H,6-13,16-18H2,1H3/t22-,25-/m1/s1. The summed E-state index contributed by atoms with van der Waals surface area (Å²) in [5.41, 5.74) is 1.98. The molecule has 1 aromatic heterocycles. The Hall–Kier alpha value is -2.71. The van der Waals surface area contributed by atoms with Crippen molar-refractivity contribution < 1.29 is 19.4 Å². The Morgan fingerprint density at radius 2 is 1.80 bits per heavy atom. The molecule has 0 bridgehead atoms. The molecule has 2 aliphatic heterocycles. The van der Waals surface area contributed by atoms with E-state index in [0.717, 1.165) is 66.7 Å². The summed E-state index contributed by atoms with van der Waals surface area (Å²) < 4.78 is 11.1. The van der Waals surface area contributed by atoms with E-state index in [1.54, 1.807) is 12.0 Å². The molecular weight excluding hydrogens is 444 g/mol. The molecule has 1 aliphatic carbocycles. The lowest BCUT2D eigenvalue weighted by Gasteiger charge is -2.35. The fourth-order valence-corrected chi connectivity index (χ4v) is 5.44. The molecule has 2 atom stereocenters. The van der Waals surface area contributed by atoms with E-state index in [9.17, 15) is 9.90 Å². The molecule has 1 N–H and O–H groups in total. The monoisotopic (exact) mass is 480 g/mol. The molecule has 35 heavy (non-hydrogen) atoms. The number of nitrogens with zero attached hydrogens (tertiary/aromatic N) is 4. The van der Waals surface area contributed by atoms with Crippen LogP contribution in [0.15, 0.2) is 36.7 Å². The number of carbonyl (C=O) groups excluding carboxylic acids is 1. The van der Waals surface area contributed by atoms with E-state index >= 15 is 0 Å². The van der Waals surface area contributed by atoms with Crippen molar-refractivity contribution in [2.75, 3.05) is 44.8 Å². The Labute approximate surface area is 207 Å². The summed E-state index contributed by atoms with van der Waals surface area (Å²) in [6.45, 7) is 4.26. The molecule has 8 heteroatoms. The molecular formula is C27H36N4O4. The number of hydrogen-bond donors (Lipinski definition) is 1. The summed E-state index contributed by atoms with van der Waals surface area (Å²) >= 11 is 0. The van der Waals surface area contributed by atoms with E-state index in [-0.39, 0.29) is 12.0 Å². The maximum Gasteiger partial charge on any atom is 0.227 e. The molecule has 3 heterocycles. The highest BCUT2D eigenvalue weighted by atomic mass is 16.5. The minimum Gasteiger partial charge on any atom is -0.494 e. The predicted molar refractivity (Wildman–Crippen MR) is 132 cm³/mol. The second-order valence-corrected chi connectivity index (χ2v) is 10.2. The van der Waals surface area contributed by atoms with Gasteiger partial charge in [-0.15, -0.1) is 0 Å². The van der Waals surface area contributed by atoms with E-state index in [1.807, 2.05) is 36.7 Å². The number of aromatic nitrogens is 2. The maximum absolute atomic E-state index is 12.1. The summed E-state index contributed by atoms with van der Waals surface area (Å²) in [6.07, 6.45) is 8.59. The van der Waals surface area contributed by atoms with Crippen molar-refractivity contribution in [3.05, 3.63) is 47.8 Å². The number of methoxy groups -OCH3 is 1. The fourth-order valence-electron chi connectivity index (χ4n) is 5.44. The van der Waals surface area contributed by atoms with Crippen LogP contribution in [-0.2, 0) is 22.6 Å². The van der Waals surface area contributed by atoms with Crippen molar-refractivity contribution in [1.82, 2.24) is 14.9 Å². The van der Waals surface area contributed by atoms with Crippen molar-refractivity contribution in [3.8, 4) is 5.75 Å². The maximum atomic E-state index is 12.1. The minimum atomic E-state index is -0.354. The number of anilines is 1. The first-order valence-corrected chi connectivity index (χ1v) is 12.8. The van der Waals surface area contributed by atoms with Crippen molar-refractivity contribution >= 4 is 11.9 Å². The van der Waals surface area contributed by atoms with Crippen LogP contribution in [0.4, 0.5) is 5.95 Å². The van der Waals surface area contributed by atoms with E-state index < -0.39 is 0 Å². The average Bonchev–Trinajstić information content (AvgIpc) is 3.63. The van der Waals surface area contributed by atoms with Gasteiger partial charge in [0.15, 0.2) is 0 Å². The summed E-state index contributed by atoms with van der Waals surface area (Å²) in [5, 5.41) is 9.34. The van der Waals surface area contributed by atoms with Crippen LogP contribution in [0.5, 0.6) is 5.75 Å². The zero-order chi connectivity index (χ0) is 24.2. The van der Waals surface area contributed by atoms with Crippen LogP contribution in [-0.4, -0.2) is 71.9 Å². The molecule has 0 unspecified atom stereocenters. The van der Waals surface area contributed by atoms with E-state index in [0.29, 0.717) is 26.1 Å². The molecule has 188 valence electrons. The zero-order valence-electron chi connectivity index (χ0n) is 20.5. The topological polar surface area (TPSA) is 88.0 Å². The number of ether oxygens (including phenoxy) is 2. The van der Waals surface area contributed by atoms with Crippen LogP contribution in [0, 0.1) is 17.8 Å². The molecule has 1 aromatic carbocycles. The summed E-state index contributed by atoms with van der Waals surface area (Å²) in [7, 11) is 1.68. The molecule has 2 saturated heterocycles. The molecule has 0 spiro atoms. The Morgan fingerprint density at radius 1 is 1.09 bits per heavy atom. The summed E-state index contributed by atoms with van der Waals surface area (Å²) in [6, 6.07) is 7.84. The van der Waals surface area contributed by atoms with Gasteiger partial charge in [0, 0.05) is 51.2 Å². The van der Waals surface area contributed by atoms with Gasteiger partial charge in [-0.05, 0) is 61.1 Å². The Morgan fingerprint density at radius 3 is 2.46 bits per heavy atom. The number of hydrogen-bond acceptors (Lipinski definition) is 7. The molecule has 1 saturated carbocycles. The molecule has 8 nitrogen and oxygen atoms in total. The number of aliphatic hydroxyl groups is 1. The number of carbonyl (C=O) groups is 1. The largest absolute Gasteiger partial charge is 0.494 e. The number of aliphatic hydroxyl groups excluding tert-OH is 1. The molecule has 0 radical (unpaired) electrons. The molecule has 1 amide bonds. The molecule has 5 rings (SSSR count). The van der Waals surface area contributed by atoms with Gasteiger partial charge in [-0.25, -0.2) is 9.97 Å². The number of amides is 1. The van der Waals surface area contributed by atoms with Gasteiger partial charge < -0.3 is 24.4 Å². The quantitative estimate of drug-likeness (QED) is 0.559. The zero-order valence-corrected chi connectivity index (χ0v) is 20.5. The van der Waals surface area contributed by atoms with Crippen molar-refractivity contribution in [2.24, 2.45) is 17.8 Å². The number of piperidine rings is 1. The SMILES string of the molecule is COCc1cnc(N2CCC([C@H]3C[C@H]3CCOc3ccc(CC(=O)N4CC(O)C4)cc3)CC2)nc1. The van der Waals surface area contributed by atoms with Crippen LogP contribution in [0.25, 0.3) is 0 Å². The fraction of sp³-hybridized carbons (Fsp3) is 0.593. The van der Waals surface area contributed by atoms with Crippen molar-refractivity contribution in [1.29, 1.82) is 0 Å². The Bertz CT molecular complexity index is 970. The lowest BCUT2D eigenvalue weighted by molar-refractivity contribution is -0.140. The van der Waals surface area contributed by atoms with Gasteiger partial charge in [0.05, 0.1) is 25.7 Å². The van der Waals surface area contributed by atoms with Crippen LogP contribution >= 0.6 is 0 Å². The van der Waals surface area contributed by atoms with Gasteiger partial charge in [0.1, 0.15) is 5.75 Å². The summed E-state index contributed by atoms with van der Waals surface area (Å²) in [4.78, 5) is 25.2. The number of benzene rings is 1. The predicted octanol–water partition coefficient (Wildman–Crippen LogP) is 2.69. The lowest BCUT2D eigenvalue weighted by Crippen LogP contribution is -2.53. The van der Waals surface area contributed by atoms with E-state index in [2.05, 4.69) is 14.9 Å². The molecule has 3 fully saturated rings. The van der Waals surface area contributed by atoms with Crippen LogP contribution in [0.1, 0.15) is 36.8 Å². The van der Waals surface area contributed by atoms with Crippen LogP contribution in [0.3, 0.4) is 0 Å². The third-order valence-corrected chi connectivity index (χ3v) is 7.66. The number of rotatable bonds is 10. The first-order valence-electron chi connectivity index (χ1n) is 12.8. The van der Waals surface area contributed by atoms with Crippen LogP contribution in [0.2, 0.25) is 0 Å².